The molecule has 1 amide bonds. The highest BCUT2D eigenvalue weighted by Gasteiger charge is 2.29. The van der Waals surface area contributed by atoms with Crippen molar-refractivity contribution in [1.82, 2.24) is 29.6 Å². The van der Waals surface area contributed by atoms with Gasteiger partial charge in [0, 0.05) is 49.1 Å². The number of hydrogen-bond donors (Lipinski definition) is 0. The molecule has 7 nitrogen and oxygen atoms in total. The average Bonchev–Trinajstić information content (AvgIpc) is 3.28. The zero-order valence-electron chi connectivity index (χ0n) is 14.8. The maximum absolute atomic E-state index is 12.8. The van der Waals surface area contributed by atoms with Crippen molar-refractivity contribution in [2.45, 2.75) is 26.3 Å². The maximum atomic E-state index is 12.8. The van der Waals surface area contributed by atoms with Crippen LogP contribution in [0.25, 0.3) is 11.4 Å². The van der Waals surface area contributed by atoms with E-state index in [0.717, 1.165) is 23.4 Å². The first-order valence-corrected chi connectivity index (χ1v) is 8.66. The second-order valence-electron chi connectivity index (χ2n) is 6.60. The molecule has 0 N–H and O–H groups in total. The Hall–Kier alpha value is -3.09. The number of amides is 1. The number of carbonyl (C=O) groups excluding carboxylic acids is 1. The number of aryl methyl sites for hydroxylation is 2. The van der Waals surface area contributed by atoms with E-state index in [2.05, 4.69) is 33.0 Å². The Morgan fingerprint density at radius 2 is 1.88 bits per heavy atom. The minimum Gasteiger partial charge on any atom is -0.336 e. The van der Waals surface area contributed by atoms with E-state index in [1.165, 1.54) is 0 Å². The van der Waals surface area contributed by atoms with Crippen molar-refractivity contribution >= 4 is 5.91 Å². The van der Waals surface area contributed by atoms with E-state index < -0.39 is 0 Å². The number of carbonyl (C=O) groups is 1. The lowest BCUT2D eigenvalue weighted by atomic mass is 10.2. The summed E-state index contributed by atoms with van der Waals surface area (Å²) in [5.41, 5.74) is 3.53. The molecule has 0 aromatic carbocycles. The fourth-order valence-electron chi connectivity index (χ4n) is 3.41. The second-order valence-corrected chi connectivity index (χ2v) is 6.60. The lowest BCUT2D eigenvalue weighted by molar-refractivity contribution is 0.0786. The van der Waals surface area contributed by atoms with Crippen LogP contribution in [0, 0.1) is 13.8 Å². The zero-order valence-corrected chi connectivity index (χ0v) is 14.8. The van der Waals surface area contributed by atoms with Crippen LogP contribution < -0.4 is 0 Å². The van der Waals surface area contributed by atoms with Gasteiger partial charge < -0.3 is 4.90 Å². The molecule has 7 heteroatoms. The molecule has 0 spiro atoms. The molecule has 132 valence electrons. The van der Waals surface area contributed by atoms with Gasteiger partial charge >= 0.3 is 0 Å². The van der Waals surface area contributed by atoms with Crippen molar-refractivity contribution in [3.05, 3.63) is 59.9 Å². The Morgan fingerprint density at radius 3 is 2.54 bits per heavy atom. The molecule has 26 heavy (non-hydrogen) atoms. The molecule has 0 aliphatic carbocycles. The fraction of sp³-hybridized carbons (Fsp3) is 0.316. The van der Waals surface area contributed by atoms with Crippen LogP contribution in [0.1, 0.15) is 34.2 Å². The quantitative estimate of drug-likeness (QED) is 0.726. The first-order valence-electron chi connectivity index (χ1n) is 8.66. The van der Waals surface area contributed by atoms with Crippen molar-refractivity contribution in [1.29, 1.82) is 0 Å². The summed E-state index contributed by atoms with van der Waals surface area (Å²) < 4.78 is 2.03. The first kappa shape index (κ1) is 16.4. The number of aromatic nitrogens is 5. The van der Waals surface area contributed by atoms with Crippen molar-refractivity contribution < 1.29 is 4.79 Å². The molecule has 3 aromatic rings. The van der Waals surface area contributed by atoms with Crippen LogP contribution >= 0.6 is 0 Å². The van der Waals surface area contributed by atoms with E-state index >= 15 is 0 Å². The van der Waals surface area contributed by atoms with Crippen LogP contribution in [0.4, 0.5) is 0 Å². The molecule has 1 fully saturated rings. The molecule has 1 saturated heterocycles. The molecule has 0 unspecified atom stereocenters. The van der Waals surface area contributed by atoms with Crippen molar-refractivity contribution in [3.8, 4) is 11.4 Å². The summed E-state index contributed by atoms with van der Waals surface area (Å²) in [5, 5.41) is 4.55. The highest BCUT2D eigenvalue weighted by atomic mass is 16.2. The van der Waals surface area contributed by atoms with Gasteiger partial charge in [0.1, 0.15) is 0 Å². The number of pyridine rings is 1. The van der Waals surface area contributed by atoms with E-state index in [1.54, 1.807) is 24.8 Å². The number of hydrogen-bond acceptors (Lipinski definition) is 5. The van der Waals surface area contributed by atoms with Gasteiger partial charge in [0.05, 0.1) is 17.3 Å². The van der Waals surface area contributed by atoms with Gasteiger partial charge in [-0.2, -0.15) is 5.10 Å². The summed E-state index contributed by atoms with van der Waals surface area (Å²) in [6.45, 7) is 5.42. The summed E-state index contributed by atoms with van der Waals surface area (Å²) in [6, 6.07) is 5.98. The molecule has 1 aliphatic heterocycles. The third-order valence-corrected chi connectivity index (χ3v) is 4.68. The Balaban J connectivity index is 1.47. The van der Waals surface area contributed by atoms with Gasteiger partial charge in [0.2, 0.25) is 0 Å². The molecule has 0 saturated carbocycles. The van der Waals surface area contributed by atoms with Gasteiger partial charge in [0.25, 0.3) is 5.91 Å². The summed E-state index contributed by atoms with van der Waals surface area (Å²) in [7, 11) is 0. The minimum absolute atomic E-state index is 0.0321. The lowest BCUT2D eigenvalue weighted by Crippen LogP contribution is -2.29. The molecule has 3 aromatic heterocycles. The minimum atomic E-state index is -0.0321. The molecule has 0 bridgehead atoms. The smallest absolute Gasteiger partial charge is 0.257 e. The monoisotopic (exact) mass is 348 g/mol. The van der Waals surface area contributed by atoms with Gasteiger partial charge in [-0.1, -0.05) is 0 Å². The predicted molar refractivity (Wildman–Crippen MR) is 96.5 cm³/mol. The van der Waals surface area contributed by atoms with E-state index in [4.69, 9.17) is 0 Å². The molecule has 4 rings (SSSR count). The Bertz CT molecular complexity index is 919. The van der Waals surface area contributed by atoms with Gasteiger partial charge in [-0.25, -0.2) is 9.97 Å². The summed E-state index contributed by atoms with van der Waals surface area (Å²) in [4.78, 5) is 27.3. The predicted octanol–water partition coefficient (Wildman–Crippen LogP) is 2.44. The highest BCUT2D eigenvalue weighted by Crippen LogP contribution is 2.24. The van der Waals surface area contributed by atoms with Gasteiger partial charge in [0.15, 0.2) is 5.82 Å². The largest absolute Gasteiger partial charge is 0.336 e. The third-order valence-electron chi connectivity index (χ3n) is 4.68. The van der Waals surface area contributed by atoms with Gasteiger partial charge in [-0.15, -0.1) is 0 Å². The molecular formula is C19H20N6O. The van der Waals surface area contributed by atoms with Crippen LogP contribution in [-0.4, -0.2) is 48.6 Å². The van der Waals surface area contributed by atoms with Crippen molar-refractivity contribution in [3.63, 3.8) is 0 Å². The van der Waals surface area contributed by atoms with Crippen LogP contribution in [0.15, 0.2) is 43.0 Å². The first-order chi connectivity index (χ1) is 12.6. The molecule has 1 aliphatic rings. The van der Waals surface area contributed by atoms with Crippen LogP contribution in [0.2, 0.25) is 0 Å². The molecule has 4 heterocycles. The van der Waals surface area contributed by atoms with E-state index in [9.17, 15) is 4.79 Å². The third kappa shape index (κ3) is 3.08. The number of likely N-dealkylation sites (tertiary alicyclic amines) is 1. The molecule has 1 atom stereocenters. The maximum Gasteiger partial charge on any atom is 0.257 e. The van der Waals surface area contributed by atoms with Crippen LogP contribution in [0.5, 0.6) is 0 Å². The van der Waals surface area contributed by atoms with Crippen molar-refractivity contribution in [2.75, 3.05) is 13.1 Å². The molecular weight excluding hydrogens is 328 g/mol. The van der Waals surface area contributed by atoms with E-state index in [1.807, 2.05) is 28.6 Å². The van der Waals surface area contributed by atoms with Crippen molar-refractivity contribution in [2.24, 2.45) is 0 Å². The Morgan fingerprint density at radius 1 is 1.15 bits per heavy atom. The number of nitrogens with zero attached hydrogens (tertiary/aromatic N) is 6. The number of rotatable bonds is 3. The fourth-order valence-corrected chi connectivity index (χ4v) is 3.41. The van der Waals surface area contributed by atoms with E-state index in [-0.39, 0.29) is 11.9 Å². The van der Waals surface area contributed by atoms with Gasteiger partial charge in [-0.05, 0) is 38.5 Å². The van der Waals surface area contributed by atoms with Crippen LogP contribution in [-0.2, 0) is 0 Å². The average molecular weight is 348 g/mol. The lowest BCUT2D eigenvalue weighted by Gasteiger charge is -2.17. The van der Waals surface area contributed by atoms with E-state index in [0.29, 0.717) is 24.5 Å². The van der Waals surface area contributed by atoms with Gasteiger partial charge in [-0.3, -0.25) is 14.5 Å². The zero-order chi connectivity index (χ0) is 18.1. The standard InChI is InChI=1S/C19H20N6O/c1-13-9-14(2)25(23-13)17-5-8-24(12-17)19(26)16-10-21-18(22-11-16)15-3-6-20-7-4-15/h3-4,6-7,9-11,17H,5,8,12H2,1-2H3/t17-/m1/s1. The highest BCUT2D eigenvalue weighted by molar-refractivity contribution is 5.94. The molecule has 0 radical (unpaired) electrons. The topological polar surface area (TPSA) is 76.8 Å². The summed E-state index contributed by atoms with van der Waals surface area (Å²) in [6.07, 6.45) is 7.50. The Labute approximate surface area is 151 Å². The summed E-state index contributed by atoms with van der Waals surface area (Å²) >= 11 is 0. The van der Waals surface area contributed by atoms with Crippen LogP contribution in [0.3, 0.4) is 0 Å². The second kappa shape index (κ2) is 6.67. The SMILES string of the molecule is Cc1cc(C)n([C@@H]2CCN(C(=O)c3cnc(-c4ccncc4)nc3)C2)n1. The normalized spacial score (nSPS) is 16.8. The summed E-state index contributed by atoms with van der Waals surface area (Å²) in [5.74, 6) is 0.557. The Kier molecular flexibility index (Phi) is 4.20.